The zero-order chi connectivity index (χ0) is 15.8. The van der Waals surface area contributed by atoms with E-state index >= 15 is 0 Å². The summed E-state index contributed by atoms with van der Waals surface area (Å²) in [5, 5.41) is 7.19. The first kappa shape index (κ1) is 14.5. The van der Waals surface area contributed by atoms with Crippen LogP contribution in [0.2, 0.25) is 0 Å². The van der Waals surface area contributed by atoms with Gasteiger partial charge in [-0.3, -0.25) is 4.79 Å². The Morgan fingerprint density at radius 3 is 2.78 bits per heavy atom. The molecule has 23 heavy (non-hydrogen) atoms. The highest BCUT2D eigenvalue weighted by Gasteiger charge is 2.30. The lowest BCUT2D eigenvalue weighted by molar-refractivity contribution is 0.0868. The summed E-state index contributed by atoms with van der Waals surface area (Å²) in [5.41, 5.74) is 0.869. The SMILES string of the molecule is COc1ccc(-c2nc3n(n2)C(=O)C[C@H](c2cccs2)S3)cc1. The molecule has 2 aromatic heterocycles. The Hall–Kier alpha value is -2.12. The van der Waals surface area contributed by atoms with Gasteiger partial charge in [0.25, 0.3) is 5.91 Å². The van der Waals surface area contributed by atoms with Gasteiger partial charge in [0.1, 0.15) is 5.75 Å². The maximum Gasteiger partial charge on any atom is 0.250 e. The fourth-order valence-electron chi connectivity index (χ4n) is 2.45. The molecule has 5 nitrogen and oxygen atoms in total. The van der Waals surface area contributed by atoms with Crippen molar-refractivity contribution in [2.75, 3.05) is 7.11 Å². The maximum atomic E-state index is 12.4. The standard InChI is InChI=1S/C16H13N3O2S2/c1-21-11-6-4-10(5-7-11)15-17-16-19(18-15)14(20)9-13(23-16)12-3-2-8-22-12/h2-8,13H,9H2,1H3/t13-/m1/s1. The molecule has 0 spiro atoms. The van der Waals surface area contributed by atoms with Crippen LogP contribution < -0.4 is 4.74 Å². The molecule has 1 aromatic carbocycles. The fourth-order valence-corrected chi connectivity index (χ4v) is 4.52. The number of thioether (sulfide) groups is 1. The Morgan fingerprint density at radius 2 is 2.09 bits per heavy atom. The molecule has 1 aliphatic heterocycles. The van der Waals surface area contributed by atoms with Crippen LogP contribution in [-0.2, 0) is 0 Å². The first-order chi connectivity index (χ1) is 11.2. The number of nitrogens with zero attached hydrogens (tertiary/aromatic N) is 3. The van der Waals surface area contributed by atoms with Crippen molar-refractivity contribution >= 4 is 29.0 Å². The lowest BCUT2D eigenvalue weighted by Gasteiger charge is -2.18. The normalized spacial score (nSPS) is 17.1. The van der Waals surface area contributed by atoms with E-state index in [1.165, 1.54) is 9.56 Å². The molecule has 0 fully saturated rings. The Morgan fingerprint density at radius 1 is 1.26 bits per heavy atom. The van der Waals surface area contributed by atoms with E-state index in [1.54, 1.807) is 30.2 Å². The molecule has 3 aromatic rings. The summed E-state index contributed by atoms with van der Waals surface area (Å²) in [6, 6.07) is 11.6. The quantitative estimate of drug-likeness (QED) is 0.722. The third-order valence-electron chi connectivity index (χ3n) is 3.63. The molecule has 0 saturated carbocycles. The lowest BCUT2D eigenvalue weighted by atomic mass is 10.2. The van der Waals surface area contributed by atoms with Gasteiger partial charge >= 0.3 is 0 Å². The molecule has 0 unspecified atom stereocenters. The number of carbonyl (C=O) groups is 1. The molecule has 7 heteroatoms. The van der Waals surface area contributed by atoms with Crippen molar-refractivity contribution in [2.24, 2.45) is 0 Å². The van der Waals surface area contributed by atoms with Crippen LogP contribution in [0.5, 0.6) is 5.75 Å². The van der Waals surface area contributed by atoms with Gasteiger partial charge in [-0.15, -0.1) is 16.4 Å². The molecular weight excluding hydrogens is 330 g/mol. The highest BCUT2D eigenvalue weighted by Crippen LogP contribution is 2.43. The van der Waals surface area contributed by atoms with E-state index in [0.29, 0.717) is 17.4 Å². The second kappa shape index (κ2) is 5.82. The zero-order valence-electron chi connectivity index (χ0n) is 12.3. The predicted octanol–water partition coefficient (Wildman–Crippen LogP) is 3.89. The van der Waals surface area contributed by atoms with Crippen LogP contribution in [0, 0.1) is 0 Å². The third kappa shape index (κ3) is 2.66. The summed E-state index contributed by atoms with van der Waals surface area (Å²) in [5.74, 6) is 1.33. The van der Waals surface area contributed by atoms with Crippen molar-refractivity contribution in [3.63, 3.8) is 0 Å². The number of benzene rings is 1. The van der Waals surface area contributed by atoms with Crippen LogP contribution in [0.15, 0.2) is 46.9 Å². The second-order valence-electron chi connectivity index (χ2n) is 5.08. The van der Waals surface area contributed by atoms with E-state index in [1.807, 2.05) is 35.7 Å². The highest BCUT2D eigenvalue weighted by atomic mass is 32.2. The lowest BCUT2D eigenvalue weighted by Crippen LogP contribution is -2.20. The summed E-state index contributed by atoms with van der Waals surface area (Å²) in [6.45, 7) is 0. The third-order valence-corrected chi connectivity index (χ3v) is 5.95. The zero-order valence-corrected chi connectivity index (χ0v) is 13.9. The van der Waals surface area contributed by atoms with Crippen molar-refractivity contribution in [1.29, 1.82) is 0 Å². The molecule has 0 radical (unpaired) electrons. The van der Waals surface area contributed by atoms with Crippen LogP contribution in [0.25, 0.3) is 11.4 Å². The minimum absolute atomic E-state index is 0.00980. The van der Waals surface area contributed by atoms with Crippen LogP contribution in [-0.4, -0.2) is 27.8 Å². The number of thiophene rings is 1. The van der Waals surface area contributed by atoms with E-state index < -0.39 is 0 Å². The number of rotatable bonds is 3. The van der Waals surface area contributed by atoms with E-state index in [2.05, 4.69) is 16.1 Å². The van der Waals surface area contributed by atoms with E-state index in [0.717, 1.165) is 11.3 Å². The van der Waals surface area contributed by atoms with Crippen molar-refractivity contribution in [3.05, 3.63) is 46.7 Å². The molecular formula is C16H13N3O2S2. The Kier molecular flexibility index (Phi) is 3.66. The summed E-state index contributed by atoms with van der Waals surface area (Å²) in [6.07, 6.45) is 0.448. The largest absolute Gasteiger partial charge is 0.497 e. The second-order valence-corrected chi connectivity index (χ2v) is 7.23. The summed E-state index contributed by atoms with van der Waals surface area (Å²) in [4.78, 5) is 18.1. The minimum Gasteiger partial charge on any atom is -0.497 e. The predicted molar refractivity (Wildman–Crippen MR) is 90.2 cm³/mol. The topological polar surface area (TPSA) is 57.0 Å². The summed E-state index contributed by atoms with van der Waals surface area (Å²) < 4.78 is 6.58. The molecule has 0 aliphatic carbocycles. The van der Waals surface area contributed by atoms with Gasteiger partial charge < -0.3 is 4.74 Å². The van der Waals surface area contributed by atoms with Crippen molar-refractivity contribution < 1.29 is 9.53 Å². The van der Waals surface area contributed by atoms with Gasteiger partial charge in [-0.25, -0.2) is 4.98 Å². The Bertz CT molecular complexity index is 841. The fraction of sp³-hybridized carbons (Fsp3) is 0.188. The van der Waals surface area contributed by atoms with Crippen molar-refractivity contribution in [1.82, 2.24) is 14.8 Å². The highest BCUT2D eigenvalue weighted by molar-refractivity contribution is 7.99. The number of methoxy groups -OCH3 is 1. The van der Waals surface area contributed by atoms with Crippen LogP contribution in [0.4, 0.5) is 0 Å². The number of hydrogen-bond acceptors (Lipinski definition) is 6. The van der Waals surface area contributed by atoms with E-state index in [4.69, 9.17) is 4.74 Å². The molecule has 1 aliphatic rings. The molecule has 0 amide bonds. The minimum atomic E-state index is -0.00980. The van der Waals surface area contributed by atoms with E-state index in [9.17, 15) is 4.79 Å². The average Bonchev–Trinajstić information content (AvgIpc) is 3.24. The van der Waals surface area contributed by atoms with Gasteiger partial charge in [0.05, 0.1) is 12.4 Å². The first-order valence-corrected chi connectivity index (χ1v) is 8.85. The maximum absolute atomic E-state index is 12.4. The smallest absolute Gasteiger partial charge is 0.250 e. The molecule has 1 atom stereocenters. The summed E-state index contributed by atoms with van der Waals surface area (Å²) >= 11 is 3.26. The molecule has 3 heterocycles. The average molecular weight is 343 g/mol. The Balaban J connectivity index is 1.66. The van der Waals surface area contributed by atoms with Crippen LogP contribution in [0.1, 0.15) is 21.3 Å². The molecule has 0 N–H and O–H groups in total. The molecule has 4 rings (SSSR count). The van der Waals surface area contributed by atoms with E-state index in [-0.39, 0.29) is 11.2 Å². The summed E-state index contributed by atoms with van der Waals surface area (Å²) in [7, 11) is 1.63. The number of ether oxygens (including phenoxy) is 1. The number of hydrogen-bond donors (Lipinski definition) is 0. The number of carbonyl (C=O) groups excluding carboxylic acids is 1. The van der Waals surface area contributed by atoms with Gasteiger partial charge in [0.15, 0.2) is 11.0 Å². The van der Waals surface area contributed by atoms with Gasteiger partial charge in [-0.1, -0.05) is 17.8 Å². The van der Waals surface area contributed by atoms with Gasteiger partial charge in [0, 0.05) is 16.9 Å². The van der Waals surface area contributed by atoms with Crippen molar-refractivity contribution in [3.8, 4) is 17.1 Å². The van der Waals surface area contributed by atoms with Crippen LogP contribution in [0.3, 0.4) is 0 Å². The van der Waals surface area contributed by atoms with Crippen LogP contribution >= 0.6 is 23.1 Å². The molecule has 116 valence electrons. The molecule has 0 saturated heterocycles. The number of aromatic nitrogens is 3. The monoisotopic (exact) mass is 343 g/mol. The van der Waals surface area contributed by atoms with Gasteiger partial charge in [-0.2, -0.15) is 4.68 Å². The van der Waals surface area contributed by atoms with Gasteiger partial charge in [-0.05, 0) is 35.7 Å². The first-order valence-electron chi connectivity index (χ1n) is 7.09. The number of fused-ring (bicyclic) bond motifs is 1. The molecule has 0 bridgehead atoms. The van der Waals surface area contributed by atoms with Crippen molar-refractivity contribution in [2.45, 2.75) is 16.8 Å². The Labute approximate surface area is 141 Å². The van der Waals surface area contributed by atoms with Gasteiger partial charge in [0.2, 0.25) is 0 Å².